The van der Waals surface area contributed by atoms with Crippen molar-refractivity contribution < 1.29 is 14.6 Å². The summed E-state index contributed by atoms with van der Waals surface area (Å²) in [6, 6.07) is 9.16. The van der Waals surface area contributed by atoms with Crippen LogP contribution in [0.1, 0.15) is 91.0 Å². The van der Waals surface area contributed by atoms with Gasteiger partial charge in [-0.25, -0.2) is 4.79 Å². The molecule has 1 N–H and O–H groups in total. The van der Waals surface area contributed by atoms with Gasteiger partial charge in [-0.1, -0.05) is 103 Å². The number of aliphatic hydroxyl groups is 1. The first-order chi connectivity index (χ1) is 12.3. The Labute approximate surface area is 160 Å². The van der Waals surface area contributed by atoms with Gasteiger partial charge in [0.15, 0.2) is 5.60 Å². The monoisotopic (exact) mass is 362 g/mol. The Morgan fingerprint density at radius 3 is 2.00 bits per heavy atom. The van der Waals surface area contributed by atoms with E-state index < -0.39 is 11.6 Å². The Kier molecular flexibility index (Phi) is 9.93. The summed E-state index contributed by atoms with van der Waals surface area (Å²) in [4.78, 5) is 12.7. The standard InChI is InChI=1S/C23H38O3/c1-5-6-7-8-9-10-11-15-18-26-21(24)23(25,19-22(2,3)4)20-16-13-12-14-17-20/h12-14,16-17,25H,5-11,15,18-19H2,1-4H3. The molecule has 0 heterocycles. The van der Waals surface area contributed by atoms with Gasteiger partial charge in [0.2, 0.25) is 0 Å². The fraction of sp³-hybridized carbons (Fsp3) is 0.696. The molecule has 3 heteroatoms. The lowest BCUT2D eigenvalue weighted by Crippen LogP contribution is -2.40. The van der Waals surface area contributed by atoms with Crippen LogP contribution < -0.4 is 0 Å². The summed E-state index contributed by atoms with van der Waals surface area (Å²) in [5.74, 6) is -0.526. The summed E-state index contributed by atoms with van der Waals surface area (Å²) in [5, 5.41) is 11.1. The third kappa shape index (κ3) is 8.35. The third-order valence-electron chi connectivity index (χ3n) is 4.61. The summed E-state index contributed by atoms with van der Waals surface area (Å²) in [5.41, 5.74) is -1.17. The van der Waals surface area contributed by atoms with Gasteiger partial charge in [0.05, 0.1) is 6.61 Å². The number of rotatable bonds is 12. The Morgan fingerprint density at radius 1 is 0.923 bits per heavy atom. The topological polar surface area (TPSA) is 46.5 Å². The summed E-state index contributed by atoms with van der Waals surface area (Å²) < 4.78 is 5.46. The number of carbonyl (C=O) groups is 1. The molecule has 1 atom stereocenters. The largest absolute Gasteiger partial charge is 0.463 e. The van der Waals surface area contributed by atoms with Crippen LogP contribution in [0.5, 0.6) is 0 Å². The number of unbranched alkanes of at least 4 members (excludes halogenated alkanes) is 7. The molecule has 0 saturated heterocycles. The summed E-state index contributed by atoms with van der Waals surface area (Å²) in [6.45, 7) is 8.67. The van der Waals surface area contributed by atoms with Crippen LogP contribution in [0.4, 0.5) is 0 Å². The van der Waals surface area contributed by atoms with Gasteiger partial charge in [-0.05, 0) is 23.8 Å². The Bertz CT molecular complexity index is 504. The smallest absolute Gasteiger partial charge is 0.342 e. The normalized spacial score (nSPS) is 14.0. The lowest BCUT2D eigenvalue weighted by atomic mass is 9.78. The quantitative estimate of drug-likeness (QED) is 0.367. The highest BCUT2D eigenvalue weighted by Crippen LogP contribution is 2.35. The zero-order valence-electron chi connectivity index (χ0n) is 17.2. The van der Waals surface area contributed by atoms with Crippen molar-refractivity contribution >= 4 is 5.97 Å². The van der Waals surface area contributed by atoms with Gasteiger partial charge >= 0.3 is 5.97 Å². The molecular formula is C23H38O3. The molecule has 0 bridgehead atoms. The predicted molar refractivity (Wildman–Crippen MR) is 108 cm³/mol. The van der Waals surface area contributed by atoms with Gasteiger partial charge in [-0.2, -0.15) is 0 Å². The Hall–Kier alpha value is -1.35. The van der Waals surface area contributed by atoms with E-state index in [1.54, 1.807) is 12.1 Å². The van der Waals surface area contributed by atoms with Crippen LogP contribution in [-0.4, -0.2) is 17.7 Å². The predicted octanol–water partition coefficient (Wildman–Crippen LogP) is 5.99. The van der Waals surface area contributed by atoms with Gasteiger partial charge < -0.3 is 9.84 Å². The van der Waals surface area contributed by atoms with Crippen molar-refractivity contribution in [2.24, 2.45) is 5.41 Å². The lowest BCUT2D eigenvalue weighted by molar-refractivity contribution is -0.170. The summed E-state index contributed by atoms with van der Waals surface area (Å²) in [6.07, 6.45) is 9.93. The molecule has 0 aliphatic heterocycles. The third-order valence-corrected chi connectivity index (χ3v) is 4.61. The molecule has 1 aromatic carbocycles. The first kappa shape index (κ1) is 22.7. The maximum atomic E-state index is 12.7. The van der Waals surface area contributed by atoms with Gasteiger partial charge in [0, 0.05) is 0 Å². The van der Waals surface area contributed by atoms with E-state index >= 15 is 0 Å². The van der Waals surface area contributed by atoms with E-state index in [1.165, 1.54) is 38.5 Å². The zero-order chi connectivity index (χ0) is 19.5. The highest BCUT2D eigenvalue weighted by molar-refractivity contribution is 5.81. The molecule has 26 heavy (non-hydrogen) atoms. The molecule has 3 nitrogen and oxygen atoms in total. The van der Waals surface area contributed by atoms with Gasteiger partial charge in [-0.3, -0.25) is 0 Å². The lowest BCUT2D eigenvalue weighted by Gasteiger charge is -2.32. The first-order valence-electron chi connectivity index (χ1n) is 10.2. The zero-order valence-corrected chi connectivity index (χ0v) is 17.2. The van der Waals surface area contributed by atoms with Crippen LogP contribution in [0, 0.1) is 5.41 Å². The number of esters is 1. The molecular weight excluding hydrogens is 324 g/mol. The molecule has 1 rings (SSSR count). The molecule has 0 fully saturated rings. The van der Waals surface area contributed by atoms with Crippen LogP contribution in [0.2, 0.25) is 0 Å². The van der Waals surface area contributed by atoms with Crippen molar-refractivity contribution in [1.82, 2.24) is 0 Å². The maximum Gasteiger partial charge on any atom is 0.342 e. The Balaban J connectivity index is 2.47. The Morgan fingerprint density at radius 2 is 1.46 bits per heavy atom. The van der Waals surface area contributed by atoms with E-state index in [9.17, 15) is 9.90 Å². The second-order valence-corrected chi connectivity index (χ2v) is 8.57. The molecule has 1 unspecified atom stereocenters. The van der Waals surface area contributed by atoms with Crippen molar-refractivity contribution in [1.29, 1.82) is 0 Å². The molecule has 0 radical (unpaired) electrons. The molecule has 0 aliphatic rings. The minimum Gasteiger partial charge on any atom is -0.463 e. The molecule has 0 saturated carbocycles. The number of carbonyl (C=O) groups excluding carboxylic acids is 1. The van der Waals surface area contributed by atoms with E-state index in [1.807, 2.05) is 39.0 Å². The molecule has 0 spiro atoms. The van der Waals surface area contributed by atoms with E-state index in [4.69, 9.17) is 4.74 Å². The van der Waals surface area contributed by atoms with Crippen LogP contribution in [0.3, 0.4) is 0 Å². The first-order valence-corrected chi connectivity index (χ1v) is 10.2. The van der Waals surface area contributed by atoms with Crippen molar-refractivity contribution in [3.63, 3.8) is 0 Å². The molecule has 1 aromatic rings. The SMILES string of the molecule is CCCCCCCCCCOC(=O)C(O)(CC(C)(C)C)c1ccccc1. The van der Waals surface area contributed by atoms with E-state index in [0.717, 1.165) is 12.8 Å². The van der Waals surface area contributed by atoms with Gasteiger partial charge in [0.25, 0.3) is 0 Å². The molecule has 0 aliphatic carbocycles. The highest BCUT2D eigenvalue weighted by Gasteiger charge is 2.42. The second kappa shape index (κ2) is 11.4. The van der Waals surface area contributed by atoms with E-state index in [-0.39, 0.29) is 5.41 Å². The van der Waals surface area contributed by atoms with Crippen LogP contribution in [0.25, 0.3) is 0 Å². The summed E-state index contributed by atoms with van der Waals surface area (Å²) >= 11 is 0. The van der Waals surface area contributed by atoms with Crippen LogP contribution in [-0.2, 0) is 15.1 Å². The number of hydrogen-bond acceptors (Lipinski definition) is 3. The van der Waals surface area contributed by atoms with Crippen molar-refractivity contribution in [3.8, 4) is 0 Å². The average molecular weight is 363 g/mol. The minimum atomic E-state index is -1.58. The fourth-order valence-corrected chi connectivity index (χ4v) is 3.29. The minimum absolute atomic E-state index is 0.192. The highest BCUT2D eigenvalue weighted by atomic mass is 16.5. The van der Waals surface area contributed by atoms with Crippen LogP contribution >= 0.6 is 0 Å². The van der Waals surface area contributed by atoms with Crippen LogP contribution in [0.15, 0.2) is 30.3 Å². The fourth-order valence-electron chi connectivity index (χ4n) is 3.29. The van der Waals surface area contributed by atoms with Gasteiger partial charge in [-0.15, -0.1) is 0 Å². The number of hydrogen-bond donors (Lipinski definition) is 1. The summed E-state index contributed by atoms with van der Waals surface area (Å²) in [7, 11) is 0. The van der Waals surface area contributed by atoms with Gasteiger partial charge in [0.1, 0.15) is 0 Å². The second-order valence-electron chi connectivity index (χ2n) is 8.57. The molecule has 0 aromatic heterocycles. The van der Waals surface area contributed by atoms with E-state index in [2.05, 4.69) is 6.92 Å². The number of ether oxygens (including phenoxy) is 1. The molecule has 148 valence electrons. The average Bonchev–Trinajstić information content (AvgIpc) is 2.59. The van der Waals surface area contributed by atoms with Crippen molar-refractivity contribution in [2.75, 3.05) is 6.61 Å². The van der Waals surface area contributed by atoms with Crippen molar-refractivity contribution in [3.05, 3.63) is 35.9 Å². The number of benzene rings is 1. The molecule has 0 amide bonds. The maximum absolute atomic E-state index is 12.7. The van der Waals surface area contributed by atoms with Crippen molar-refractivity contribution in [2.45, 2.75) is 91.1 Å². The van der Waals surface area contributed by atoms with E-state index in [0.29, 0.717) is 18.6 Å².